The van der Waals surface area contributed by atoms with E-state index in [0.29, 0.717) is 0 Å². The molecule has 29 heavy (non-hydrogen) atoms. The van der Waals surface area contributed by atoms with Gasteiger partial charge in [0.2, 0.25) is 0 Å². The number of hydrogen-bond donors (Lipinski definition) is 1. The summed E-state index contributed by atoms with van der Waals surface area (Å²) in [4.78, 5) is 18.3. The van der Waals surface area contributed by atoms with Crippen molar-refractivity contribution in [3.8, 4) is 0 Å². The van der Waals surface area contributed by atoms with E-state index in [1.54, 1.807) is 18.1 Å². The van der Waals surface area contributed by atoms with Crippen LogP contribution in [0.25, 0.3) is 10.9 Å². The van der Waals surface area contributed by atoms with Crippen LogP contribution in [-0.2, 0) is 4.74 Å². The first-order valence-electron chi connectivity index (χ1n) is 10.5. The summed E-state index contributed by atoms with van der Waals surface area (Å²) >= 11 is 1.70. The van der Waals surface area contributed by atoms with Gasteiger partial charge in [-0.05, 0) is 31.0 Å². The smallest absolute Gasteiger partial charge is 0.139 e. The highest BCUT2D eigenvalue weighted by atomic mass is 32.2. The van der Waals surface area contributed by atoms with Gasteiger partial charge in [0, 0.05) is 55.5 Å². The van der Waals surface area contributed by atoms with Crippen molar-refractivity contribution in [1.82, 2.24) is 9.97 Å². The summed E-state index contributed by atoms with van der Waals surface area (Å²) in [6, 6.07) is 6.47. The maximum absolute atomic E-state index is 10.8. The maximum Gasteiger partial charge on any atom is 0.139 e. The fourth-order valence-electron chi connectivity index (χ4n) is 4.49. The zero-order chi connectivity index (χ0) is 19.6. The molecule has 0 amide bonds. The highest BCUT2D eigenvalue weighted by Gasteiger charge is 2.31. The number of benzene rings is 1. The summed E-state index contributed by atoms with van der Waals surface area (Å²) in [6.45, 7) is 5.96. The first-order valence-corrected chi connectivity index (χ1v) is 11.5. The van der Waals surface area contributed by atoms with Gasteiger partial charge in [0.1, 0.15) is 18.2 Å². The van der Waals surface area contributed by atoms with Gasteiger partial charge in [-0.2, -0.15) is 0 Å². The molecule has 1 N–H and O–H groups in total. The molecule has 1 aromatic heterocycles. The molecule has 0 bridgehead atoms. The number of aliphatic hydroxyl groups excluding tert-OH is 1. The number of aromatic nitrogens is 2. The number of thioether (sulfide) groups is 1. The second kappa shape index (κ2) is 8.45. The Morgan fingerprint density at radius 2 is 2.03 bits per heavy atom. The number of aliphatic hydroxyl groups is 1. The molecule has 3 aliphatic heterocycles. The van der Waals surface area contributed by atoms with Gasteiger partial charge >= 0.3 is 0 Å². The monoisotopic (exact) mass is 413 g/mol. The van der Waals surface area contributed by atoms with Crippen molar-refractivity contribution in [2.24, 2.45) is 10.9 Å². The molecule has 0 saturated carbocycles. The number of aliphatic imine (C=N–C) groups is 1. The molecule has 0 aliphatic carbocycles. The van der Waals surface area contributed by atoms with Crippen molar-refractivity contribution in [2.75, 3.05) is 61.5 Å². The Morgan fingerprint density at radius 1 is 1.14 bits per heavy atom. The molecule has 0 spiro atoms. The Bertz CT molecular complexity index is 902. The summed E-state index contributed by atoms with van der Waals surface area (Å²) in [7, 11) is 0. The van der Waals surface area contributed by atoms with Gasteiger partial charge in [0.15, 0.2) is 0 Å². The topological polar surface area (TPSA) is 74.1 Å². The molecule has 2 aromatic rings. The number of anilines is 2. The summed E-state index contributed by atoms with van der Waals surface area (Å²) in [5.74, 6) is 2.16. The van der Waals surface area contributed by atoms with Crippen LogP contribution >= 0.6 is 11.8 Å². The van der Waals surface area contributed by atoms with Crippen LogP contribution in [0.2, 0.25) is 0 Å². The Kier molecular flexibility index (Phi) is 5.56. The molecule has 4 heterocycles. The molecule has 2 atom stereocenters. The minimum absolute atomic E-state index is 0.200. The van der Waals surface area contributed by atoms with Gasteiger partial charge in [0.05, 0.1) is 23.8 Å². The predicted octanol–water partition coefficient (Wildman–Crippen LogP) is 2.19. The second-order valence-corrected chi connectivity index (χ2v) is 8.97. The van der Waals surface area contributed by atoms with Crippen LogP contribution in [0.3, 0.4) is 0 Å². The third-order valence-electron chi connectivity index (χ3n) is 6.04. The lowest BCUT2D eigenvalue weighted by molar-refractivity contribution is 0.122. The van der Waals surface area contributed by atoms with Gasteiger partial charge in [-0.3, -0.25) is 4.99 Å². The molecule has 1 aromatic carbocycles. The molecule has 154 valence electrons. The van der Waals surface area contributed by atoms with E-state index in [9.17, 15) is 5.11 Å². The number of nitrogens with zero attached hydrogens (tertiary/aromatic N) is 5. The molecular weight excluding hydrogens is 386 g/mol. The quantitative estimate of drug-likeness (QED) is 0.824. The van der Waals surface area contributed by atoms with Crippen LogP contribution in [0.1, 0.15) is 12.8 Å². The van der Waals surface area contributed by atoms with E-state index < -0.39 is 6.10 Å². The van der Waals surface area contributed by atoms with Crippen LogP contribution in [-0.4, -0.2) is 77.9 Å². The van der Waals surface area contributed by atoms with E-state index in [4.69, 9.17) is 4.74 Å². The molecule has 2 saturated heterocycles. The third kappa shape index (κ3) is 3.93. The van der Waals surface area contributed by atoms with Crippen molar-refractivity contribution in [3.05, 3.63) is 24.5 Å². The van der Waals surface area contributed by atoms with E-state index in [1.807, 2.05) is 0 Å². The van der Waals surface area contributed by atoms with Gasteiger partial charge in [-0.1, -0.05) is 0 Å². The molecule has 3 aliphatic rings. The minimum atomic E-state index is -0.452. The number of rotatable bonds is 4. The standard InChI is InChI=1S/C21H27N5O2S/c27-19(21-22-5-11-29-21)15-2-1-6-26(13-15)20-17-4-3-16(12-18(17)23-14-24-20)25-7-9-28-10-8-25/h3-4,12,14-15,19,27H,1-2,5-11,13H2/t15?,19-/m0/s1. The molecule has 7 nitrogen and oxygen atoms in total. The van der Waals surface area contributed by atoms with E-state index in [0.717, 1.165) is 86.3 Å². The summed E-state index contributed by atoms with van der Waals surface area (Å²) < 4.78 is 5.47. The number of ether oxygens (including phenoxy) is 1. The van der Waals surface area contributed by atoms with Crippen molar-refractivity contribution in [3.63, 3.8) is 0 Å². The maximum atomic E-state index is 10.8. The Hall–Kier alpha value is -1.90. The van der Waals surface area contributed by atoms with E-state index in [1.165, 1.54) is 5.69 Å². The van der Waals surface area contributed by atoms with Crippen molar-refractivity contribution < 1.29 is 9.84 Å². The average Bonchev–Trinajstić information content (AvgIpc) is 3.33. The number of morpholine rings is 1. The molecule has 2 fully saturated rings. The van der Waals surface area contributed by atoms with Gasteiger partial charge < -0.3 is 19.6 Å². The summed E-state index contributed by atoms with van der Waals surface area (Å²) in [6.07, 6.45) is 3.29. The third-order valence-corrected chi connectivity index (χ3v) is 7.09. The van der Waals surface area contributed by atoms with Crippen molar-refractivity contribution in [1.29, 1.82) is 0 Å². The van der Waals surface area contributed by atoms with Crippen LogP contribution in [0.5, 0.6) is 0 Å². The van der Waals surface area contributed by atoms with Gasteiger partial charge in [-0.15, -0.1) is 11.8 Å². The summed E-state index contributed by atoms with van der Waals surface area (Å²) in [5.41, 5.74) is 2.16. The van der Waals surface area contributed by atoms with Crippen molar-refractivity contribution >= 4 is 39.2 Å². The van der Waals surface area contributed by atoms with E-state index in [-0.39, 0.29) is 5.92 Å². The normalized spacial score (nSPS) is 24.0. The SMILES string of the molecule is O[C@H](C1=NCCS1)C1CCCN(c2ncnc3cc(N4CCOCC4)ccc23)C1. The molecule has 5 rings (SSSR count). The minimum Gasteiger partial charge on any atom is -0.386 e. The molecule has 0 radical (unpaired) electrons. The van der Waals surface area contributed by atoms with Gasteiger partial charge in [-0.25, -0.2) is 9.97 Å². The number of hydrogen-bond acceptors (Lipinski definition) is 8. The van der Waals surface area contributed by atoms with Gasteiger partial charge in [0.25, 0.3) is 0 Å². The molecule has 1 unspecified atom stereocenters. The highest BCUT2D eigenvalue weighted by Crippen LogP contribution is 2.32. The number of piperidine rings is 1. The van der Waals surface area contributed by atoms with Crippen LogP contribution < -0.4 is 9.80 Å². The van der Waals surface area contributed by atoms with E-state index in [2.05, 4.69) is 43.0 Å². The number of fused-ring (bicyclic) bond motifs is 1. The average molecular weight is 414 g/mol. The van der Waals surface area contributed by atoms with Crippen molar-refractivity contribution in [2.45, 2.75) is 18.9 Å². The zero-order valence-electron chi connectivity index (χ0n) is 16.5. The fourth-order valence-corrected chi connectivity index (χ4v) is 5.43. The Labute approximate surface area is 175 Å². The van der Waals surface area contributed by atoms with Crippen LogP contribution in [0.15, 0.2) is 29.5 Å². The predicted molar refractivity (Wildman–Crippen MR) is 118 cm³/mol. The molecular formula is C21H27N5O2S. The lowest BCUT2D eigenvalue weighted by Crippen LogP contribution is -2.42. The second-order valence-electron chi connectivity index (χ2n) is 7.86. The summed E-state index contributed by atoms with van der Waals surface area (Å²) in [5, 5.41) is 12.8. The highest BCUT2D eigenvalue weighted by molar-refractivity contribution is 8.14. The first-order chi connectivity index (χ1) is 14.3. The Balaban J connectivity index is 1.39. The van der Waals surface area contributed by atoms with Crippen LogP contribution in [0, 0.1) is 5.92 Å². The Morgan fingerprint density at radius 3 is 2.86 bits per heavy atom. The fraction of sp³-hybridized carbons (Fsp3) is 0.571. The first kappa shape index (κ1) is 19.1. The lowest BCUT2D eigenvalue weighted by Gasteiger charge is -2.36. The van der Waals surface area contributed by atoms with Crippen LogP contribution in [0.4, 0.5) is 11.5 Å². The van der Waals surface area contributed by atoms with E-state index >= 15 is 0 Å². The lowest BCUT2D eigenvalue weighted by atomic mass is 9.92. The largest absolute Gasteiger partial charge is 0.386 e. The zero-order valence-corrected chi connectivity index (χ0v) is 17.4. The molecule has 8 heteroatoms.